The minimum Gasteiger partial charge on any atom is -0.313 e. The second kappa shape index (κ2) is 5.96. The molecule has 4 rings (SSSR count). The van der Waals surface area contributed by atoms with Crippen LogP contribution >= 0.6 is 0 Å². The number of hydrogen-bond acceptors (Lipinski definition) is 2. The molecular formula is C18H34N2. The largest absolute Gasteiger partial charge is 0.313 e. The maximum atomic E-state index is 3.78. The number of hydrogen-bond donors (Lipinski definition) is 1. The van der Waals surface area contributed by atoms with Gasteiger partial charge in [0.25, 0.3) is 0 Å². The molecule has 1 unspecified atom stereocenters. The summed E-state index contributed by atoms with van der Waals surface area (Å²) in [5, 5.41) is 3.78. The fourth-order valence-electron chi connectivity index (χ4n) is 5.84. The van der Waals surface area contributed by atoms with Gasteiger partial charge >= 0.3 is 0 Å². The highest BCUT2D eigenvalue weighted by Gasteiger charge is 2.50. The fraction of sp³-hybridized carbons (Fsp3) is 1.00. The Morgan fingerprint density at radius 1 is 1.10 bits per heavy atom. The summed E-state index contributed by atoms with van der Waals surface area (Å²) in [6, 6.07) is 0.633. The van der Waals surface area contributed by atoms with Gasteiger partial charge in [-0.25, -0.2) is 0 Å². The van der Waals surface area contributed by atoms with Crippen LogP contribution in [0.4, 0.5) is 0 Å². The van der Waals surface area contributed by atoms with E-state index in [0.717, 1.165) is 29.7 Å². The van der Waals surface area contributed by atoms with E-state index in [1.807, 2.05) is 0 Å². The molecule has 4 aliphatic rings. The summed E-state index contributed by atoms with van der Waals surface area (Å²) in [6.07, 6.45) is 10.8. The molecule has 4 fully saturated rings. The Morgan fingerprint density at radius 3 is 2.15 bits per heavy atom. The van der Waals surface area contributed by atoms with Crippen molar-refractivity contribution in [3.8, 4) is 0 Å². The van der Waals surface area contributed by atoms with Gasteiger partial charge in [0.1, 0.15) is 0 Å². The minimum absolute atomic E-state index is 0.633. The third-order valence-electron chi connectivity index (χ3n) is 6.44. The van der Waals surface area contributed by atoms with Crippen LogP contribution in [0, 0.1) is 23.2 Å². The van der Waals surface area contributed by atoms with Crippen molar-refractivity contribution < 1.29 is 0 Å². The van der Waals surface area contributed by atoms with Gasteiger partial charge in [-0.05, 0) is 95.2 Å². The zero-order chi connectivity index (χ0) is 14.2. The number of nitrogens with one attached hydrogen (secondary N) is 1. The Balaban J connectivity index is 1.44. The van der Waals surface area contributed by atoms with Crippen molar-refractivity contribution in [3.63, 3.8) is 0 Å². The predicted molar refractivity (Wildman–Crippen MR) is 85.9 cm³/mol. The standard InChI is InChI=1S/C18H34N2/c1-4-20(3)13-14(2)19-6-5-18-10-15-7-16(11-18)9-17(8-15)12-18/h14-17,19H,4-13H2,1-3H3. The van der Waals surface area contributed by atoms with Crippen LogP contribution in [-0.4, -0.2) is 37.6 Å². The monoisotopic (exact) mass is 278 g/mol. The van der Waals surface area contributed by atoms with E-state index in [1.165, 1.54) is 19.5 Å². The van der Waals surface area contributed by atoms with Gasteiger partial charge in [-0.1, -0.05) is 6.92 Å². The van der Waals surface area contributed by atoms with E-state index in [0.29, 0.717) is 6.04 Å². The van der Waals surface area contributed by atoms with Gasteiger partial charge in [0.2, 0.25) is 0 Å². The predicted octanol–water partition coefficient (Wildman–Crippen LogP) is 3.52. The molecule has 0 heterocycles. The first-order valence-electron chi connectivity index (χ1n) is 9.00. The normalized spacial score (nSPS) is 40.5. The average molecular weight is 278 g/mol. The minimum atomic E-state index is 0.633. The van der Waals surface area contributed by atoms with Crippen molar-refractivity contribution in [2.24, 2.45) is 23.2 Å². The summed E-state index contributed by atoms with van der Waals surface area (Å²) in [5.41, 5.74) is 0.748. The third kappa shape index (κ3) is 3.22. The van der Waals surface area contributed by atoms with Gasteiger partial charge in [-0.2, -0.15) is 0 Å². The first kappa shape index (κ1) is 14.8. The summed E-state index contributed by atoms with van der Waals surface area (Å²) in [6.45, 7) is 8.15. The molecule has 4 aliphatic carbocycles. The third-order valence-corrected chi connectivity index (χ3v) is 6.44. The molecule has 1 atom stereocenters. The molecule has 1 N–H and O–H groups in total. The number of rotatable bonds is 7. The maximum Gasteiger partial charge on any atom is 0.0166 e. The lowest BCUT2D eigenvalue weighted by atomic mass is 9.49. The molecular weight excluding hydrogens is 244 g/mol. The van der Waals surface area contributed by atoms with Crippen LogP contribution in [0.5, 0.6) is 0 Å². The van der Waals surface area contributed by atoms with Crippen molar-refractivity contribution >= 4 is 0 Å². The smallest absolute Gasteiger partial charge is 0.0166 e. The molecule has 2 heteroatoms. The second-order valence-electron chi connectivity index (χ2n) is 8.38. The zero-order valence-corrected chi connectivity index (χ0v) is 13.8. The molecule has 0 amide bonds. The molecule has 0 spiro atoms. The van der Waals surface area contributed by atoms with Crippen LogP contribution in [0.25, 0.3) is 0 Å². The Kier molecular flexibility index (Phi) is 4.42. The summed E-state index contributed by atoms with van der Waals surface area (Å²) in [5.74, 6) is 3.31. The van der Waals surface area contributed by atoms with Gasteiger partial charge in [0.15, 0.2) is 0 Å². The Morgan fingerprint density at radius 2 is 1.65 bits per heavy atom. The van der Waals surface area contributed by atoms with E-state index in [4.69, 9.17) is 0 Å². The highest BCUT2D eigenvalue weighted by molar-refractivity contribution is 5.01. The maximum absolute atomic E-state index is 3.78. The van der Waals surface area contributed by atoms with Gasteiger partial charge in [-0.15, -0.1) is 0 Å². The van der Waals surface area contributed by atoms with Gasteiger partial charge in [0, 0.05) is 12.6 Å². The second-order valence-corrected chi connectivity index (χ2v) is 8.38. The number of nitrogens with zero attached hydrogens (tertiary/aromatic N) is 1. The highest BCUT2D eigenvalue weighted by atomic mass is 15.1. The van der Waals surface area contributed by atoms with Gasteiger partial charge < -0.3 is 10.2 Å². The lowest BCUT2D eigenvalue weighted by Gasteiger charge is -2.57. The van der Waals surface area contributed by atoms with Crippen molar-refractivity contribution in [1.82, 2.24) is 10.2 Å². The van der Waals surface area contributed by atoms with Crippen molar-refractivity contribution in [2.75, 3.05) is 26.7 Å². The number of likely N-dealkylation sites (N-methyl/N-ethyl adjacent to an activating group) is 1. The average Bonchev–Trinajstić information content (AvgIpc) is 2.36. The Hall–Kier alpha value is -0.0800. The lowest BCUT2D eigenvalue weighted by Crippen LogP contribution is -2.47. The summed E-state index contributed by atoms with van der Waals surface area (Å²) >= 11 is 0. The van der Waals surface area contributed by atoms with E-state index < -0.39 is 0 Å². The van der Waals surface area contributed by atoms with Crippen LogP contribution in [0.15, 0.2) is 0 Å². The molecule has 0 aromatic rings. The van der Waals surface area contributed by atoms with Crippen molar-refractivity contribution in [2.45, 2.75) is 64.8 Å². The van der Waals surface area contributed by atoms with Crippen molar-refractivity contribution in [3.05, 3.63) is 0 Å². The quantitative estimate of drug-likeness (QED) is 0.766. The van der Waals surface area contributed by atoms with E-state index in [1.54, 1.807) is 38.5 Å². The summed E-state index contributed by atoms with van der Waals surface area (Å²) in [7, 11) is 2.22. The highest BCUT2D eigenvalue weighted by Crippen LogP contribution is 2.61. The molecule has 4 saturated carbocycles. The van der Waals surface area contributed by atoms with Crippen LogP contribution in [0.1, 0.15) is 58.8 Å². The van der Waals surface area contributed by atoms with Crippen LogP contribution < -0.4 is 5.32 Å². The summed E-state index contributed by atoms with van der Waals surface area (Å²) < 4.78 is 0. The first-order valence-corrected chi connectivity index (χ1v) is 9.00. The lowest BCUT2D eigenvalue weighted by molar-refractivity contribution is -0.0570. The van der Waals surface area contributed by atoms with Gasteiger partial charge in [-0.3, -0.25) is 0 Å². The Labute approximate surface area is 125 Å². The summed E-state index contributed by atoms with van der Waals surface area (Å²) in [4.78, 5) is 2.41. The van der Waals surface area contributed by atoms with E-state index >= 15 is 0 Å². The molecule has 0 saturated heterocycles. The van der Waals surface area contributed by atoms with Crippen LogP contribution in [0.2, 0.25) is 0 Å². The molecule has 0 radical (unpaired) electrons. The first-order chi connectivity index (χ1) is 9.58. The topological polar surface area (TPSA) is 15.3 Å². The molecule has 0 aliphatic heterocycles. The fourth-order valence-corrected chi connectivity index (χ4v) is 5.84. The van der Waals surface area contributed by atoms with E-state index in [2.05, 4.69) is 31.1 Å². The van der Waals surface area contributed by atoms with Crippen LogP contribution in [0.3, 0.4) is 0 Å². The molecule has 2 nitrogen and oxygen atoms in total. The Bertz CT molecular complexity index is 290. The van der Waals surface area contributed by atoms with E-state index in [-0.39, 0.29) is 0 Å². The van der Waals surface area contributed by atoms with Crippen LogP contribution in [-0.2, 0) is 0 Å². The van der Waals surface area contributed by atoms with E-state index in [9.17, 15) is 0 Å². The molecule has 0 aromatic heterocycles. The zero-order valence-electron chi connectivity index (χ0n) is 13.8. The molecule has 4 bridgehead atoms. The molecule has 20 heavy (non-hydrogen) atoms. The van der Waals surface area contributed by atoms with Gasteiger partial charge in [0.05, 0.1) is 0 Å². The molecule has 116 valence electrons. The SMILES string of the molecule is CCN(C)CC(C)NCCC12CC3CC(CC(C3)C1)C2. The van der Waals surface area contributed by atoms with Crippen molar-refractivity contribution in [1.29, 1.82) is 0 Å². The molecule has 0 aromatic carbocycles.